The van der Waals surface area contributed by atoms with Crippen molar-refractivity contribution in [1.29, 1.82) is 0 Å². The number of hydrogen-bond donors (Lipinski definition) is 3. The number of nitrogens with zero attached hydrogens (tertiary/aromatic N) is 1. The molecule has 7 nitrogen and oxygen atoms in total. The van der Waals surface area contributed by atoms with Crippen LogP contribution in [0.2, 0.25) is 0 Å². The summed E-state index contributed by atoms with van der Waals surface area (Å²) < 4.78 is 0. The van der Waals surface area contributed by atoms with Crippen LogP contribution >= 0.6 is 0 Å². The second-order valence-electron chi connectivity index (χ2n) is 5.81. The van der Waals surface area contributed by atoms with Crippen molar-refractivity contribution < 1.29 is 29.7 Å². The Morgan fingerprint density at radius 1 is 1.04 bits per heavy atom. The third-order valence-electron chi connectivity index (χ3n) is 4.19. The van der Waals surface area contributed by atoms with Gasteiger partial charge in [-0.05, 0) is 30.7 Å². The molecule has 132 valence electrons. The van der Waals surface area contributed by atoms with Gasteiger partial charge >= 0.3 is 5.97 Å². The van der Waals surface area contributed by atoms with E-state index in [0.29, 0.717) is 5.56 Å². The molecule has 1 amide bonds. The molecule has 0 aromatic heterocycles. The lowest BCUT2D eigenvalue weighted by atomic mass is 9.96. The number of aromatic carboxylic acids is 1. The van der Waals surface area contributed by atoms with E-state index >= 15 is 0 Å². The summed E-state index contributed by atoms with van der Waals surface area (Å²) in [5.74, 6) is -3.77. The summed E-state index contributed by atoms with van der Waals surface area (Å²) in [7, 11) is 0. The van der Waals surface area contributed by atoms with Gasteiger partial charge in [-0.1, -0.05) is 30.3 Å². The van der Waals surface area contributed by atoms with Gasteiger partial charge in [-0.25, -0.2) is 4.79 Å². The summed E-state index contributed by atoms with van der Waals surface area (Å²) in [4.78, 5) is 37.1. The van der Waals surface area contributed by atoms with E-state index in [2.05, 4.69) is 0 Å². The van der Waals surface area contributed by atoms with Crippen molar-refractivity contribution in [2.45, 2.75) is 13.0 Å². The Labute approximate surface area is 148 Å². The van der Waals surface area contributed by atoms with E-state index < -0.39 is 40.8 Å². The molecule has 0 aliphatic carbocycles. The molecule has 2 aromatic rings. The molecule has 0 saturated heterocycles. The highest BCUT2D eigenvalue weighted by molar-refractivity contribution is 6.16. The third-order valence-corrected chi connectivity index (χ3v) is 4.19. The lowest BCUT2D eigenvalue weighted by Crippen LogP contribution is -2.31. The number of benzene rings is 2. The molecular weight excluding hydrogens is 338 g/mol. The maximum absolute atomic E-state index is 12.6. The number of hydrogen-bond acceptors (Lipinski definition) is 5. The molecule has 3 N–H and O–H groups in total. The van der Waals surface area contributed by atoms with Crippen LogP contribution in [-0.2, 0) is 9.59 Å². The number of ketones is 1. The predicted molar refractivity (Wildman–Crippen MR) is 92.1 cm³/mol. The highest BCUT2D eigenvalue weighted by Gasteiger charge is 2.43. The minimum Gasteiger partial charge on any atom is -0.507 e. The fraction of sp³-hybridized carbons (Fsp3) is 0.105. The van der Waals surface area contributed by atoms with Gasteiger partial charge in [-0.15, -0.1) is 0 Å². The van der Waals surface area contributed by atoms with Crippen LogP contribution in [0.3, 0.4) is 0 Å². The quantitative estimate of drug-likeness (QED) is 0.778. The second-order valence-corrected chi connectivity index (χ2v) is 5.81. The maximum atomic E-state index is 12.6. The van der Waals surface area contributed by atoms with Crippen molar-refractivity contribution in [1.82, 2.24) is 0 Å². The average molecular weight is 353 g/mol. The van der Waals surface area contributed by atoms with Gasteiger partial charge in [0.05, 0.1) is 11.6 Å². The lowest BCUT2D eigenvalue weighted by Gasteiger charge is -2.27. The summed E-state index contributed by atoms with van der Waals surface area (Å²) in [6, 6.07) is 11.4. The molecule has 1 aliphatic rings. The van der Waals surface area contributed by atoms with Gasteiger partial charge in [0.2, 0.25) is 0 Å². The molecule has 26 heavy (non-hydrogen) atoms. The number of carbonyl (C=O) groups is 3. The number of phenols is 1. The van der Waals surface area contributed by atoms with Crippen molar-refractivity contribution in [2.24, 2.45) is 0 Å². The first kappa shape index (κ1) is 17.2. The van der Waals surface area contributed by atoms with E-state index in [9.17, 15) is 29.7 Å². The van der Waals surface area contributed by atoms with Crippen LogP contribution in [0.5, 0.6) is 5.75 Å². The Morgan fingerprint density at radius 2 is 1.69 bits per heavy atom. The van der Waals surface area contributed by atoms with Gasteiger partial charge in [0.25, 0.3) is 5.91 Å². The fourth-order valence-corrected chi connectivity index (χ4v) is 3.03. The summed E-state index contributed by atoms with van der Waals surface area (Å²) >= 11 is 0. The van der Waals surface area contributed by atoms with Crippen molar-refractivity contribution in [3.8, 4) is 5.75 Å². The number of carboxylic acids is 1. The van der Waals surface area contributed by atoms with Crippen LogP contribution in [0, 0.1) is 0 Å². The number of aliphatic hydroxyl groups excluding tert-OH is 1. The number of aromatic hydroxyl groups is 1. The first-order valence-corrected chi connectivity index (χ1v) is 7.71. The highest BCUT2D eigenvalue weighted by Crippen LogP contribution is 2.41. The molecule has 7 heteroatoms. The Kier molecular flexibility index (Phi) is 4.21. The van der Waals surface area contributed by atoms with E-state index in [1.54, 1.807) is 30.3 Å². The van der Waals surface area contributed by atoms with Gasteiger partial charge in [-0.3, -0.25) is 14.5 Å². The molecule has 2 aromatic carbocycles. The molecule has 0 saturated carbocycles. The van der Waals surface area contributed by atoms with Crippen molar-refractivity contribution in [2.75, 3.05) is 4.90 Å². The first-order valence-electron chi connectivity index (χ1n) is 7.71. The molecule has 0 spiro atoms. The summed E-state index contributed by atoms with van der Waals surface area (Å²) in [5.41, 5.74) is 0.269. The molecule has 0 bridgehead atoms. The number of aliphatic hydroxyl groups is 1. The molecule has 1 heterocycles. The van der Waals surface area contributed by atoms with Gasteiger partial charge < -0.3 is 15.3 Å². The predicted octanol–water partition coefficient (Wildman–Crippen LogP) is 2.58. The Bertz CT molecular complexity index is 948. The Morgan fingerprint density at radius 3 is 2.27 bits per heavy atom. The van der Waals surface area contributed by atoms with E-state index in [1.165, 1.54) is 13.0 Å². The molecule has 0 fully saturated rings. The number of amides is 1. The number of anilines is 1. The minimum absolute atomic E-state index is 0.0637. The zero-order valence-electron chi connectivity index (χ0n) is 13.7. The van der Waals surface area contributed by atoms with Crippen molar-refractivity contribution >= 4 is 23.3 Å². The van der Waals surface area contributed by atoms with E-state index in [-0.39, 0.29) is 11.3 Å². The second kappa shape index (κ2) is 6.36. The topological polar surface area (TPSA) is 115 Å². The van der Waals surface area contributed by atoms with E-state index in [0.717, 1.165) is 17.0 Å². The zero-order chi connectivity index (χ0) is 19.0. The van der Waals surface area contributed by atoms with Crippen LogP contribution in [-0.4, -0.2) is 33.0 Å². The zero-order valence-corrected chi connectivity index (χ0v) is 13.7. The highest BCUT2D eigenvalue weighted by atomic mass is 16.4. The van der Waals surface area contributed by atoms with E-state index in [4.69, 9.17) is 0 Å². The van der Waals surface area contributed by atoms with Crippen LogP contribution in [0.4, 0.5) is 5.69 Å². The number of rotatable bonds is 4. The summed E-state index contributed by atoms with van der Waals surface area (Å²) in [6.07, 6.45) is 0. The lowest BCUT2D eigenvalue weighted by molar-refractivity contribution is -0.117. The molecule has 0 unspecified atom stereocenters. The van der Waals surface area contributed by atoms with Crippen molar-refractivity contribution in [3.05, 3.63) is 71.0 Å². The normalized spacial score (nSPS) is 16.9. The largest absolute Gasteiger partial charge is 0.507 e. The van der Waals surface area contributed by atoms with Crippen LogP contribution in [0.25, 0.3) is 0 Å². The standard InChI is InChI=1S/C19H15NO6/c1-10(21)15-16(11-5-3-2-4-6-11)20(18(24)17(15)23)12-7-8-14(22)13(9-12)19(25)26/h2-9,16,22-23H,1H3,(H,25,26)/t16-/m0/s1. The van der Waals surface area contributed by atoms with Crippen LogP contribution in [0.15, 0.2) is 59.9 Å². The molecule has 1 aliphatic heterocycles. The van der Waals surface area contributed by atoms with Crippen LogP contribution in [0.1, 0.15) is 28.9 Å². The Balaban J connectivity index is 2.20. The average Bonchev–Trinajstić information content (AvgIpc) is 2.88. The number of carboxylic acid groups (broad SMARTS) is 1. The van der Waals surface area contributed by atoms with E-state index in [1.807, 2.05) is 0 Å². The summed E-state index contributed by atoms with van der Waals surface area (Å²) in [5, 5.41) is 29.1. The van der Waals surface area contributed by atoms with Crippen molar-refractivity contribution in [3.63, 3.8) is 0 Å². The smallest absolute Gasteiger partial charge is 0.339 e. The molecule has 0 radical (unpaired) electrons. The SMILES string of the molecule is CC(=O)C1=C(O)C(=O)N(c2ccc(O)c(C(=O)O)c2)[C@H]1c1ccccc1. The molecule has 1 atom stereocenters. The first-order chi connectivity index (χ1) is 12.3. The maximum Gasteiger partial charge on any atom is 0.339 e. The third kappa shape index (κ3) is 2.69. The number of carbonyl (C=O) groups excluding carboxylic acids is 2. The molecular formula is C19H15NO6. The van der Waals surface area contributed by atoms with Gasteiger partial charge in [0.1, 0.15) is 11.3 Å². The van der Waals surface area contributed by atoms with Gasteiger partial charge in [0, 0.05) is 5.69 Å². The monoisotopic (exact) mass is 353 g/mol. The van der Waals surface area contributed by atoms with Gasteiger partial charge in [0.15, 0.2) is 11.5 Å². The Hall–Kier alpha value is -3.61. The minimum atomic E-state index is -1.36. The summed E-state index contributed by atoms with van der Waals surface area (Å²) in [6.45, 7) is 1.25. The number of Topliss-reactive ketones (excluding diaryl/α,β-unsaturated/α-hetero) is 1. The van der Waals surface area contributed by atoms with Crippen LogP contribution < -0.4 is 4.90 Å². The molecule has 3 rings (SSSR count). The fourth-order valence-electron chi connectivity index (χ4n) is 3.03. The van der Waals surface area contributed by atoms with Gasteiger partial charge in [-0.2, -0.15) is 0 Å².